The van der Waals surface area contributed by atoms with Crippen molar-refractivity contribution in [1.82, 2.24) is 10.2 Å². The second-order valence-electron chi connectivity index (χ2n) is 6.02. The molecule has 21 heavy (non-hydrogen) atoms. The molecule has 0 aliphatic carbocycles. The molecule has 1 saturated heterocycles. The monoisotopic (exact) mass is 288 g/mol. The summed E-state index contributed by atoms with van der Waals surface area (Å²) in [6.07, 6.45) is 4.51. The summed E-state index contributed by atoms with van der Waals surface area (Å²) in [7, 11) is 1.75. The lowest BCUT2D eigenvalue weighted by molar-refractivity contribution is 0.185. The highest BCUT2D eigenvalue weighted by Crippen LogP contribution is 2.23. The average Bonchev–Trinajstić information content (AvgIpc) is 2.51. The van der Waals surface area contributed by atoms with E-state index in [-0.39, 0.29) is 0 Å². The molecule has 0 bridgehead atoms. The van der Waals surface area contributed by atoms with Gasteiger partial charge in [-0.05, 0) is 43.5 Å². The zero-order valence-electron chi connectivity index (χ0n) is 13.4. The van der Waals surface area contributed by atoms with E-state index in [1.807, 2.05) is 6.08 Å². The van der Waals surface area contributed by atoms with Crippen molar-refractivity contribution >= 4 is 0 Å². The smallest absolute Gasteiger partial charge is 0.123 e. The van der Waals surface area contributed by atoms with Crippen LogP contribution in [0.1, 0.15) is 30.9 Å². The number of nitrogens with zero attached hydrogens (tertiary/aromatic N) is 1. The number of likely N-dealkylation sites (tertiary alicyclic amines) is 1. The quantitative estimate of drug-likeness (QED) is 0.616. The molecular formula is C18H28N2O. The fourth-order valence-electron chi connectivity index (χ4n) is 2.82. The first kappa shape index (κ1) is 16.1. The lowest BCUT2D eigenvalue weighted by Gasteiger charge is -2.30. The van der Waals surface area contributed by atoms with Gasteiger partial charge in [-0.25, -0.2) is 0 Å². The third-order valence-electron chi connectivity index (χ3n) is 4.24. The maximum absolute atomic E-state index is 5.54. The molecule has 0 aromatic heterocycles. The molecule has 1 aliphatic rings. The van der Waals surface area contributed by atoms with Crippen LogP contribution in [0.2, 0.25) is 0 Å². The summed E-state index contributed by atoms with van der Waals surface area (Å²) in [5, 5.41) is 3.32. The Balaban J connectivity index is 1.96. The molecule has 0 spiro atoms. The molecule has 1 N–H and O–H groups in total. The highest BCUT2D eigenvalue weighted by Gasteiger charge is 2.16. The minimum Gasteiger partial charge on any atom is -0.496 e. The molecule has 0 unspecified atom stereocenters. The second-order valence-corrected chi connectivity index (χ2v) is 6.02. The van der Waals surface area contributed by atoms with Crippen molar-refractivity contribution in [1.29, 1.82) is 0 Å². The lowest BCUT2D eigenvalue weighted by Crippen LogP contribution is -2.32. The maximum Gasteiger partial charge on any atom is 0.123 e. The number of hydrogen-bond acceptors (Lipinski definition) is 3. The molecular weight excluding hydrogens is 260 g/mol. The van der Waals surface area contributed by atoms with Crippen molar-refractivity contribution in [3.05, 3.63) is 42.0 Å². The van der Waals surface area contributed by atoms with E-state index in [1.165, 1.54) is 37.1 Å². The van der Waals surface area contributed by atoms with Gasteiger partial charge < -0.3 is 10.1 Å². The Hall–Kier alpha value is -1.32. The molecule has 116 valence electrons. The minimum atomic E-state index is 0.816. The summed E-state index contributed by atoms with van der Waals surface area (Å²) in [5.74, 6) is 1.86. The summed E-state index contributed by atoms with van der Waals surface area (Å²) < 4.78 is 5.54. The molecule has 1 heterocycles. The molecule has 1 aromatic rings. The Morgan fingerprint density at radius 2 is 2.14 bits per heavy atom. The molecule has 0 atom stereocenters. The van der Waals surface area contributed by atoms with Gasteiger partial charge in [-0.15, -0.1) is 6.58 Å². The largest absolute Gasteiger partial charge is 0.496 e. The van der Waals surface area contributed by atoms with Crippen LogP contribution in [0.25, 0.3) is 0 Å². The Labute approximate surface area is 129 Å². The van der Waals surface area contributed by atoms with Gasteiger partial charge in [-0.2, -0.15) is 0 Å². The minimum absolute atomic E-state index is 0.816. The van der Waals surface area contributed by atoms with Crippen LogP contribution in [0.3, 0.4) is 0 Å². The van der Waals surface area contributed by atoms with Crippen LogP contribution in [0.4, 0.5) is 0 Å². The zero-order chi connectivity index (χ0) is 15.1. The summed E-state index contributed by atoms with van der Waals surface area (Å²) in [6.45, 7) is 11.2. The number of methoxy groups -OCH3 is 1. The molecule has 2 rings (SSSR count). The van der Waals surface area contributed by atoms with Crippen LogP contribution in [0, 0.1) is 5.92 Å². The Bertz CT molecular complexity index is 451. The molecule has 3 nitrogen and oxygen atoms in total. The highest BCUT2D eigenvalue weighted by atomic mass is 16.5. The van der Waals surface area contributed by atoms with Gasteiger partial charge >= 0.3 is 0 Å². The van der Waals surface area contributed by atoms with Gasteiger partial charge in [0.25, 0.3) is 0 Å². The van der Waals surface area contributed by atoms with Crippen LogP contribution in [-0.4, -0.2) is 31.6 Å². The molecule has 0 saturated carbocycles. The normalized spacial score (nSPS) is 16.9. The Kier molecular flexibility index (Phi) is 6.27. The van der Waals surface area contributed by atoms with Crippen LogP contribution in [0.15, 0.2) is 30.9 Å². The standard InChI is InChI=1S/C18H28N2O/c1-4-9-19-13-17-6-5-16(12-18(17)21-3)14-20-10-7-15(2)8-11-20/h4-6,12,15,19H,1,7-11,13-14H2,2-3H3. The first-order chi connectivity index (χ1) is 10.2. The predicted molar refractivity (Wildman–Crippen MR) is 88.6 cm³/mol. The van der Waals surface area contributed by atoms with Crippen LogP contribution in [-0.2, 0) is 13.1 Å². The number of benzene rings is 1. The van der Waals surface area contributed by atoms with Crippen molar-refractivity contribution in [2.24, 2.45) is 5.92 Å². The predicted octanol–water partition coefficient (Wildman–Crippen LogP) is 3.20. The van der Waals surface area contributed by atoms with Crippen molar-refractivity contribution in [3.63, 3.8) is 0 Å². The molecule has 1 fully saturated rings. The van der Waals surface area contributed by atoms with Gasteiger partial charge in [0.15, 0.2) is 0 Å². The third kappa shape index (κ3) is 4.87. The van der Waals surface area contributed by atoms with Crippen molar-refractivity contribution in [3.8, 4) is 5.75 Å². The summed E-state index contributed by atoms with van der Waals surface area (Å²) >= 11 is 0. The molecule has 3 heteroatoms. The number of rotatable bonds is 7. The van der Waals surface area contributed by atoms with Gasteiger partial charge in [0.05, 0.1) is 7.11 Å². The fraction of sp³-hybridized carbons (Fsp3) is 0.556. The maximum atomic E-state index is 5.54. The molecule has 0 amide bonds. The first-order valence-electron chi connectivity index (χ1n) is 7.92. The Morgan fingerprint density at radius 1 is 1.38 bits per heavy atom. The van der Waals surface area contributed by atoms with E-state index in [1.54, 1.807) is 7.11 Å². The summed E-state index contributed by atoms with van der Waals surface area (Å²) in [6, 6.07) is 6.59. The number of nitrogens with one attached hydrogen (secondary N) is 1. The zero-order valence-corrected chi connectivity index (χ0v) is 13.4. The number of hydrogen-bond donors (Lipinski definition) is 1. The SMILES string of the molecule is C=CCNCc1ccc(CN2CCC(C)CC2)cc1OC. The van der Waals surface area contributed by atoms with E-state index < -0.39 is 0 Å². The van der Waals surface area contributed by atoms with Gasteiger partial charge in [0.1, 0.15) is 5.75 Å². The van der Waals surface area contributed by atoms with Crippen molar-refractivity contribution in [2.75, 3.05) is 26.7 Å². The van der Waals surface area contributed by atoms with Gasteiger partial charge in [-0.1, -0.05) is 25.1 Å². The van der Waals surface area contributed by atoms with E-state index in [4.69, 9.17) is 4.74 Å². The van der Waals surface area contributed by atoms with Gasteiger partial charge in [0.2, 0.25) is 0 Å². The van der Waals surface area contributed by atoms with Crippen LogP contribution in [0.5, 0.6) is 5.75 Å². The van der Waals surface area contributed by atoms with E-state index in [9.17, 15) is 0 Å². The number of piperidine rings is 1. The van der Waals surface area contributed by atoms with Crippen LogP contribution >= 0.6 is 0 Å². The van der Waals surface area contributed by atoms with E-state index in [2.05, 4.69) is 41.9 Å². The van der Waals surface area contributed by atoms with Gasteiger partial charge in [-0.3, -0.25) is 4.90 Å². The lowest BCUT2D eigenvalue weighted by atomic mass is 9.98. The fourth-order valence-corrected chi connectivity index (χ4v) is 2.82. The third-order valence-corrected chi connectivity index (χ3v) is 4.24. The van der Waals surface area contributed by atoms with E-state index >= 15 is 0 Å². The van der Waals surface area contributed by atoms with Gasteiger partial charge in [0, 0.05) is 25.2 Å². The topological polar surface area (TPSA) is 24.5 Å². The summed E-state index contributed by atoms with van der Waals surface area (Å²) in [4.78, 5) is 2.55. The average molecular weight is 288 g/mol. The van der Waals surface area contributed by atoms with Crippen LogP contribution < -0.4 is 10.1 Å². The number of ether oxygens (including phenoxy) is 1. The first-order valence-corrected chi connectivity index (χ1v) is 7.92. The molecule has 1 aliphatic heterocycles. The summed E-state index contributed by atoms with van der Waals surface area (Å²) in [5.41, 5.74) is 2.55. The van der Waals surface area contributed by atoms with Crippen molar-refractivity contribution < 1.29 is 4.74 Å². The highest BCUT2D eigenvalue weighted by molar-refractivity contribution is 5.37. The second kappa shape index (κ2) is 8.20. The molecule has 1 aromatic carbocycles. The Morgan fingerprint density at radius 3 is 2.81 bits per heavy atom. The van der Waals surface area contributed by atoms with E-state index in [0.29, 0.717) is 0 Å². The van der Waals surface area contributed by atoms with Crippen molar-refractivity contribution in [2.45, 2.75) is 32.9 Å². The van der Waals surface area contributed by atoms with E-state index in [0.717, 1.165) is 31.3 Å². The molecule has 0 radical (unpaired) electrons.